The highest BCUT2D eigenvalue weighted by Crippen LogP contribution is 2.56. The largest absolute Gasteiger partial charge is 0.465 e. The average Bonchev–Trinajstić information content (AvgIpc) is 2.29. The summed E-state index contributed by atoms with van der Waals surface area (Å²) < 4.78 is 31.5. The van der Waals surface area contributed by atoms with Crippen LogP contribution in [0, 0.1) is 0 Å². The van der Waals surface area contributed by atoms with Gasteiger partial charge in [-0.1, -0.05) is 35.3 Å². The van der Waals surface area contributed by atoms with Crippen LogP contribution in [0.4, 0.5) is 8.78 Å². The zero-order valence-electron chi connectivity index (χ0n) is 10.2. The molecule has 6 heteroatoms. The summed E-state index contributed by atoms with van der Waals surface area (Å²) >= 11 is 11.9. The van der Waals surface area contributed by atoms with Gasteiger partial charge in [0.25, 0.3) is 5.92 Å². The van der Waals surface area contributed by atoms with Crippen molar-refractivity contribution in [1.82, 2.24) is 0 Å². The van der Waals surface area contributed by atoms with Gasteiger partial charge in [-0.05, 0) is 18.6 Å². The highest BCUT2D eigenvalue weighted by Gasteiger charge is 2.63. The van der Waals surface area contributed by atoms with Crippen molar-refractivity contribution in [2.75, 3.05) is 6.61 Å². The molecule has 2 nitrogen and oxygen atoms in total. The van der Waals surface area contributed by atoms with Gasteiger partial charge in [0.15, 0.2) is 0 Å². The van der Waals surface area contributed by atoms with Crippen LogP contribution in [0.15, 0.2) is 18.2 Å². The van der Waals surface area contributed by atoms with Crippen molar-refractivity contribution in [2.45, 2.75) is 31.1 Å². The minimum Gasteiger partial charge on any atom is -0.465 e. The van der Waals surface area contributed by atoms with E-state index in [1.165, 1.54) is 0 Å². The molecule has 19 heavy (non-hydrogen) atoms. The van der Waals surface area contributed by atoms with E-state index in [1.807, 2.05) is 0 Å². The van der Waals surface area contributed by atoms with E-state index in [4.69, 9.17) is 27.9 Å². The molecule has 0 bridgehead atoms. The van der Waals surface area contributed by atoms with E-state index in [0.717, 1.165) is 0 Å². The SMILES string of the molecule is CCOC(=O)C1(c2cccc(Cl)c2Cl)CC(F)(F)C1. The number of hydrogen-bond donors (Lipinski definition) is 0. The van der Waals surface area contributed by atoms with Crippen LogP contribution < -0.4 is 0 Å². The number of carbonyl (C=O) groups excluding carboxylic acids is 1. The van der Waals surface area contributed by atoms with Crippen molar-refractivity contribution in [3.05, 3.63) is 33.8 Å². The Morgan fingerprint density at radius 1 is 1.37 bits per heavy atom. The molecule has 0 aromatic heterocycles. The van der Waals surface area contributed by atoms with Crippen LogP contribution in [0.5, 0.6) is 0 Å². The lowest BCUT2D eigenvalue weighted by Gasteiger charge is -2.45. The smallest absolute Gasteiger partial charge is 0.317 e. The quantitative estimate of drug-likeness (QED) is 0.781. The summed E-state index contributed by atoms with van der Waals surface area (Å²) in [7, 11) is 0. The fraction of sp³-hybridized carbons (Fsp3) is 0.462. The maximum absolute atomic E-state index is 13.3. The maximum Gasteiger partial charge on any atom is 0.317 e. The van der Waals surface area contributed by atoms with Crippen LogP contribution in [0.25, 0.3) is 0 Å². The standard InChI is InChI=1S/C13H12Cl2F2O2/c1-2-19-11(18)12(6-13(16,17)7-12)8-4-3-5-9(14)10(8)15/h3-5H,2,6-7H2,1H3. The fourth-order valence-corrected chi connectivity index (χ4v) is 2.90. The lowest BCUT2D eigenvalue weighted by Crippen LogP contribution is -2.55. The molecule has 0 unspecified atom stereocenters. The number of rotatable bonds is 3. The first-order valence-electron chi connectivity index (χ1n) is 5.82. The van der Waals surface area contributed by atoms with Gasteiger partial charge in [-0.25, -0.2) is 8.78 Å². The van der Waals surface area contributed by atoms with Gasteiger partial charge >= 0.3 is 5.97 Å². The predicted molar refractivity (Wildman–Crippen MR) is 69.0 cm³/mol. The Morgan fingerprint density at radius 2 is 2.00 bits per heavy atom. The third-order valence-electron chi connectivity index (χ3n) is 3.25. The molecule has 0 atom stereocenters. The lowest BCUT2D eigenvalue weighted by molar-refractivity contribution is -0.179. The number of benzene rings is 1. The first kappa shape index (κ1) is 14.5. The average molecular weight is 309 g/mol. The molecule has 1 aliphatic rings. The molecular weight excluding hydrogens is 297 g/mol. The Hall–Kier alpha value is -0.870. The number of esters is 1. The summed E-state index contributed by atoms with van der Waals surface area (Å²) in [4.78, 5) is 12.0. The summed E-state index contributed by atoms with van der Waals surface area (Å²) in [5.74, 6) is -3.55. The van der Waals surface area contributed by atoms with Crippen LogP contribution in [-0.4, -0.2) is 18.5 Å². The highest BCUT2D eigenvalue weighted by atomic mass is 35.5. The van der Waals surface area contributed by atoms with Crippen molar-refractivity contribution in [3.63, 3.8) is 0 Å². The van der Waals surface area contributed by atoms with Crippen LogP contribution in [0.3, 0.4) is 0 Å². The van der Waals surface area contributed by atoms with Gasteiger partial charge in [-0.15, -0.1) is 0 Å². The highest BCUT2D eigenvalue weighted by molar-refractivity contribution is 6.42. The van der Waals surface area contributed by atoms with E-state index in [9.17, 15) is 13.6 Å². The molecule has 0 radical (unpaired) electrons. The second-order valence-corrected chi connectivity index (χ2v) is 5.40. The van der Waals surface area contributed by atoms with E-state index in [0.29, 0.717) is 5.56 Å². The van der Waals surface area contributed by atoms with Gasteiger partial charge in [0.05, 0.1) is 16.7 Å². The van der Waals surface area contributed by atoms with Gasteiger partial charge in [0, 0.05) is 12.8 Å². The monoisotopic (exact) mass is 308 g/mol. The van der Waals surface area contributed by atoms with Crippen molar-refractivity contribution >= 4 is 29.2 Å². The summed E-state index contributed by atoms with van der Waals surface area (Å²) in [6, 6.07) is 4.67. The van der Waals surface area contributed by atoms with Crippen molar-refractivity contribution < 1.29 is 18.3 Å². The van der Waals surface area contributed by atoms with Gasteiger partial charge in [0.2, 0.25) is 0 Å². The lowest BCUT2D eigenvalue weighted by atomic mass is 9.62. The summed E-state index contributed by atoms with van der Waals surface area (Å²) in [6.45, 7) is 1.76. The molecule has 104 valence electrons. The molecule has 1 aliphatic carbocycles. The van der Waals surface area contributed by atoms with E-state index in [2.05, 4.69) is 0 Å². The maximum atomic E-state index is 13.3. The molecule has 0 amide bonds. The molecular formula is C13H12Cl2F2O2. The van der Waals surface area contributed by atoms with Crippen LogP contribution >= 0.6 is 23.2 Å². The van der Waals surface area contributed by atoms with Crippen molar-refractivity contribution in [3.8, 4) is 0 Å². The normalized spacial score (nSPS) is 19.6. The Kier molecular flexibility index (Phi) is 3.76. The number of hydrogen-bond acceptors (Lipinski definition) is 2. The Bertz CT molecular complexity index is 509. The van der Waals surface area contributed by atoms with Gasteiger partial charge in [-0.3, -0.25) is 4.79 Å². The summed E-state index contributed by atoms with van der Waals surface area (Å²) in [5, 5.41) is 0.366. The van der Waals surface area contributed by atoms with E-state index in [1.54, 1.807) is 25.1 Å². The third kappa shape index (κ3) is 2.43. The molecule has 0 heterocycles. The Balaban J connectivity index is 2.45. The third-order valence-corrected chi connectivity index (χ3v) is 4.07. The van der Waals surface area contributed by atoms with E-state index < -0.39 is 30.1 Å². The number of halogens is 4. The molecule has 1 fully saturated rings. The van der Waals surface area contributed by atoms with Crippen molar-refractivity contribution in [2.24, 2.45) is 0 Å². The fourth-order valence-electron chi connectivity index (χ4n) is 2.42. The second kappa shape index (κ2) is 4.91. The van der Waals surface area contributed by atoms with Gasteiger partial charge in [0.1, 0.15) is 5.41 Å². The Labute approximate surface area is 119 Å². The summed E-state index contributed by atoms with van der Waals surface area (Å²) in [5.41, 5.74) is -1.08. The molecule has 0 spiro atoms. The van der Waals surface area contributed by atoms with Gasteiger partial charge < -0.3 is 4.74 Å². The molecule has 2 rings (SSSR count). The summed E-state index contributed by atoms with van der Waals surface area (Å²) in [6.07, 6.45) is -1.20. The zero-order chi connectivity index (χ0) is 14.3. The molecule has 0 saturated heterocycles. The topological polar surface area (TPSA) is 26.3 Å². The minimum atomic E-state index is -2.88. The number of alkyl halides is 2. The minimum absolute atomic E-state index is 0.129. The number of carbonyl (C=O) groups is 1. The molecule has 1 aromatic carbocycles. The van der Waals surface area contributed by atoms with Crippen LogP contribution in [0.1, 0.15) is 25.3 Å². The molecule has 0 N–H and O–H groups in total. The van der Waals surface area contributed by atoms with Gasteiger partial charge in [-0.2, -0.15) is 0 Å². The predicted octanol–water partition coefficient (Wildman–Crippen LogP) is 4.22. The first-order chi connectivity index (χ1) is 8.82. The van der Waals surface area contributed by atoms with Crippen LogP contribution in [0.2, 0.25) is 10.0 Å². The molecule has 0 aliphatic heterocycles. The number of ether oxygens (including phenoxy) is 1. The Morgan fingerprint density at radius 3 is 2.53 bits per heavy atom. The van der Waals surface area contributed by atoms with Crippen molar-refractivity contribution in [1.29, 1.82) is 0 Å². The van der Waals surface area contributed by atoms with E-state index in [-0.39, 0.29) is 16.7 Å². The zero-order valence-corrected chi connectivity index (χ0v) is 11.7. The molecule has 1 aromatic rings. The first-order valence-corrected chi connectivity index (χ1v) is 6.57. The van der Waals surface area contributed by atoms with Crippen LogP contribution in [-0.2, 0) is 14.9 Å². The van der Waals surface area contributed by atoms with E-state index >= 15 is 0 Å². The second-order valence-electron chi connectivity index (χ2n) is 4.61. The molecule has 1 saturated carbocycles.